The number of nitrogen functional groups attached to an aromatic ring is 1. The lowest BCUT2D eigenvalue weighted by molar-refractivity contribution is 0.310. The number of allylic oxidation sites excluding steroid dienone is 3. The molecule has 24 heavy (non-hydrogen) atoms. The highest BCUT2D eigenvalue weighted by atomic mass is 19.1. The molecular weight excluding hydrogens is 317 g/mol. The molecule has 9 nitrogen and oxygen atoms in total. The van der Waals surface area contributed by atoms with E-state index in [-0.39, 0.29) is 29.4 Å². The molecule has 0 aliphatic heterocycles. The van der Waals surface area contributed by atoms with Crippen LogP contribution in [0.3, 0.4) is 0 Å². The molecule has 0 radical (unpaired) electrons. The van der Waals surface area contributed by atoms with Gasteiger partial charge in [0.15, 0.2) is 23.2 Å². The van der Waals surface area contributed by atoms with Gasteiger partial charge in [-0.25, -0.2) is 14.0 Å². The van der Waals surface area contributed by atoms with Gasteiger partial charge in [0.1, 0.15) is 11.3 Å². The second kappa shape index (κ2) is 5.91. The van der Waals surface area contributed by atoms with Crippen molar-refractivity contribution < 1.29 is 14.1 Å². The predicted molar refractivity (Wildman–Crippen MR) is 84.6 cm³/mol. The number of aromatic nitrogens is 4. The molecular formula is C14H14FN7O2. The third kappa shape index (κ3) is 2.72. The molecule has 0 amide bonds. The Labute approximate surface area is 134 Å². The zero-order valence-corrected chi connectivity index (χ0v) is 12.3. The highest BCUT2D eigenvalue weighted by Gasteiger charge is 2.21. The molecule has 2 aromatic heterocycles. The second-order valence-corrected chi connectivity index (χ2v) is 4.96. The largest absolute Gasteiger partial charge is 0.495 e. The van der Waals surface area contributed by atoms with Crippen molar-refractivity contribution in [3.63, 3.8) is 0 Å². The Hall–Kier alpha value is -3.56. The van der Waals surface area contributed by atoms with Gasteiger partial charge in [-0.15, -0.1) is 0 Å². The van der Waals surface area contributed by atoms with Crippen LogP contribution in [-0.4, -0.2) is 25.0 Å². The van der Waals surface area contributed by atoms with Gasteiger partial charge in [-0.3, -0.25) is 0 Å². The first-order valence-corrected chi connectivity index (χ1v) is 6.81. The predicted octanol–water partition coefficient (Wildman–Crippen LogP) is 1.01. The summed E-state index contributed by atoms with van der Waals surface area (Å²) >= 11 is 0. The SMILES string of the molecule is N/C(=C\C=C(/N)O)Cn1c(-c2nonc2N)nc2cccc(F)c21. The van der Waals surface area contributed by atoms with Gasteiger partial charge in [-0.05, 0) is 34.6 Å². The number of imidazole rings is 1. The Morgan fingerprint density at radius 1 is 1.29 bits per heavy atom. The number of benzene rings is 1. The van der Waals surface area contributed by atoms with E-state index >= 15 is 0 Å². The highest BCUT2D eigenvalue weighted by Crippen LogP contribution is 2.28. The average Bonchev–Trinajstić information content (AvgIpc) is 3.10. The minimum absolute atomic E-state index is 0.0222. The molecule has 10 heteroatoms. The molecule has 0 aliphatic carbocycles. The van der Waals surface area contributed by atoms with Crippen molar-refractivity contribution in [3.05, 3.63) is 47.7 Å². The van der Waals surface area contributed by atoms with Crippen molar-refractivity contribution in [2.45, 2.75) is 6.54 Å². The molecule has 0 fully saturated rings. The smallest absolute Gasteiger partial charge is 0.199 e. The molecule has 124 valence electrons. The maximum absolute atomic E-state index is 14.3. The van der Waals surface area contributed by atoms with Crippen LogP contribution in [0.25, 0.3) is 22.6 Å². The zero-order chi connectivity index (χ0) is 17.3. The number of fused-ring (bicyclic) bond motifs is 1. The van der Waals surface area contributed by atoms with E-state index in [4.69, 9.17) is 22.3 Å². The van der Waals surface area contributed by atoms with Crippen LogP contribution in [-0.2, 0) is 6.54 Å². The minimum Gasteiger partial charge on any atom is -0.495 e. The summed E-state index contributed by atoms with van der Waals surface area (Å²) in [7, 11) is 0. The van der Waals surface area contributed by atoms with E-state index in [1.54, 1.807) is 6.07 Å². The average molecular weight is 331 g/mol. The molecule has 0 unspecified atom stereocenters. The van der Waals surface area contributed by atoms with Gasteiger partial charge in [0, 0.05) is 5.70 Å². The Balaban J connectivity index is 2.18. The number of hydrogen-bond donors (Lipinski definition) is 4. The van der Waals surface area contributed by atoms with Crippen LogP contribution in [0.1, 0.15) is 0 Å². The molecule has 2 heterocycles. The maximum atomic E-state index is 14.3. The normalized spacial score (nSPS) is 12.9. The molecule has 1 aromatic carbocycles. The van der Waals surface area contributed by atoms with Crippen molar-refractivity contribution in [1.82, 2.24) is 19.9 Å². The van der Waals surface area contributed by atoms with Gasteiger partial charge in [0.2, 0.25) is 0 Å². The summed E-state index contributed by atoms with van der Waals surface area (Å²) in [5.41, 5.74) is 17.9. The molecule has 3 aromatic rings. The van der Waals surface area contributed by atoms with Gasteiger partial charge in [0.05, 0.1) is 12.1 Å². The number of nitrogens with zero attached hydrogens (tertiary/aromatic N) is 4. The van der Waals surface area contributed by atoms with Crippen LogP contribution in [0.4, 0.5) is 10.2 Å². The summed E-state index contributed by atoms with van der Waals surface area (Å²) in [5, 5.41) is 16.2. The van der Waals surface area contributed by atoms with E-state index in [1.807, 2.05) is 0 Å². The van der Waals surface area contributed by atoms with Gasteiger partial charge in [-0.2, -0.15) is 0 Å². The van der Waals surface area contributed by atoms with E-state index in [0.29, 0.717) is 11.2 Å². The van der Waals surface area contributed by atoms with Crippen molar-refractivity contribution in [2.75, 3.05) is 5.73 Å². The Kier molecular flexibility index (Phi) is 3.78. The summed E-state index contributed by atoms with van der Waals surface area (Å²) in [6.07, 6.45) is 2.62. The van der Waals surface area contributed by atoms with Gasteiger partial charge in [-0.1, -0.05) is 6.07 Å². The van der Waals surface area contributed by atoms with Crippen molar-refractivity contribution in [2.24, 2.45) is 11.5 Å². The number of aliphatic hydroxyl groups excluding tert-OH is 1. The fourth-order valence-corrected chi connectivity index (χ4v) is 2.25. The van der Waals surface area contributed by atoms with Crippen molar-refractivity contribution in [3.8, 4) is 11.5 Å². The fraction of sp³-hybridized carbons (Fsp3) is 0.0714. The summed E-state index contributed by atoms with van der Waals surface area (Å²) < 4.78 is 20.4. The highest BCUT2D eigenvalue weighted by molar-refractivity contribution is 5.82. The van der Waals surface area contributed by atoms with Gasteiger partial charge in [0.25, 0.3) is 0 Å². The number of para-hydroxylation sites is 1. The van der Waals surface area contributed by atoms with Crippen LogP contribution in [0.5, 0.6) is 0 Å². The number of halogens is 1. The molecule has 0 atom stereocenters. The Bertz CT molecular complexity index is 953. The standard InChI is InChI=1S/C14H14FN7O2/c15-8-2-1-3-9-12(8)22(6-7(16)4-5-10(17)23)14(19-9)11-13(18)21-24-20-11/h1-5,23H,6,16-17H2,(H2,18,21)/b7-4-,10-5+. The number of aliphatic hydroxyl groups is 1. The molecule has 0 aliphatic rings. The van der Waals surface area contributed by atoms with Gasteiger partial charge < -0.3 is 26.9 Å². The molecule has 0 saturated carbocycles. The zero-order valence-electron chi connectivity index (χ0n) is 12.3. The lowest BCUT2D eigenvalue weighted by Gasteiger charge is -2.08. The first kappa shape index (κ1) is 15.3. The molecule has 0 bridgehead atoms. The van der Waals surface area contributed by atoms with Crippen LogP contribution in [0.15, 0.2) is 46.6 Å². The van der Waals surface area contributed by atoms with E-state index in [2.05, 4.69) is 19.9 Å². The lowest BCUT2D eigenvalue weighted by Crippen LogP contribution is -2.11. The Morgan fingerprint density at radius 2 is 2.08 bits per heavy atom. The number of hydrogen-bond acceptors (Lipinski definition) is 8. The van der Waals surface area contributed by atoms with Crippen LogP contribution in [0, 0.1) is 5.82 Å². The van der Waals surface area contributed by atoms with E-state index in [9.17, 15) is 4.39 Å². The monoisotopic (exact) mass is 331 g/mol. The number of rotatable bonds is 4. The minimum atomic E-state index is -0.480. The fourth-order valence-electron chi connectivity index (χ4n) is 2.25. The molecule has 0 spiro atoms. The summed E-state index contributed by atoms with van der Waals surface area (Å²) in [6.45, 7) is 0.0584. The van der Waals surface area contributed by atoms with Crippen molar-refractivity contribution >= 4 is 16.9 Å². The third-order valence-corrected chi connectivity index (χ3v) is 3.25. The second-order valence-electron chi connectivity index (χ2n) is 4.96. The first-order chi connectivity index (χ1) is 11.5. The number of anilines is 1. The summed E-state index contributed by atoms with van der Waals surface area (Å²) in [4.78, 5) is 4.33. The molecule has 7 N–H and O–H groups in total. The van der Waals surface area contributed by atoms with E-state index < -0.39 is 11.7 Å². The first-order valence-electron chi connectivity index (χ1n) is 6.81. The van der Waals surface area contributed by atoms with E-state index in [1.165, 1.54) is 28.9 Å². The third-order valence-electron chi connectivity index (χ3n) is 3.25. The summed E-state index contributed by atoms with van der Waals surface area (Å²) in [6, 6.07) is 4.49. The van der Waals surface area contributed by atoms with Crippen LogP contribution in [0.2, 0.25) is 0 Å². The van der Waals surface area contributed by atoms with E-state index in [0.717, 1.165) is 0 Å². The molecule has 3 rings (SSSR count). The van der Waals surface area contributed by atoms with Gasteiger partial charge >= 0.3 is 0 Å². The van der Waals surface area contributed by atoms with Crippen LogP contribution < -0.4 is 17.2 Å². The lowest BCUT2D eigenvalue weighted by atomic mass is 10.3. The molecule has 0 saturated heterocycles. The maximum Gasteiger partial charge on any atom is 0.199 e. The van der Waals surface area contributed by atoms with Crippen LogP contribution >= 0.6 is 0 Å². The quantitative estimate of drug-likeness (QED) is 0.408. The summed E-state index contributed by atoms with van der Waals surface area (Å²) in [5.74, 6) is -0.601. The number of nitrogens with two attached hydrogens (primary N) is 3. The Morgan fingerprint density at radius 3 is 2.75 bits per heavy atom. The topological polar surface area (TPSA) is 155 Å². The van der Waals surface area contributed by atoms with Crippen molar-refractivity contribution in [1.29, 1.82) is 0 Å².